The van der Waals surface area contributed by atoms with Gasteiger partial charge in [-0.15, -0.1) is 11.3 Å². The third-order valence-corrected chi connectivity index (χ3v) is 5.73. The molecule has 3 rings (SSSR count). The molecule has 2 heterocycles. The lowest BCUT2D eigenvalue weighted by atomic mass is 10.0. The van der Waals surface area contributed by atoms with E-state index in [-0.39, 0.29) is 16.5 Å². The fourth-order valence-electron chi connectivity index (χ4n) is 2.56. The largest absolute Gasteiger partial charge is 0.341 e. The van der Waals surface area contributed by atoms with Crippen molar-refractivity contribution in [1.82, 2.24) is 20.3 Å². The fourth-order valence-corrected chi connectivity index (χ4v) is 4.37. The number of fused-ring (bicyclic) bond motifs is 1. The third kappa shape index (κ3) is 3.81. The zero-order valence-electron chi connectivity index (χ0n) is 14.6. The predicted molar refractivity (Wildman–Crippen MR) is 108 cm³/mol. The van der Waals surface area contributed by atoms with Crippen molar-refractivity contribution in [3.63, 3.8) is 0 Å². The van der Waals surface area contributed by atoms with Gasteiger partial charge in [0.05, 0.1) is 11.1 Å². The highest BCUT2D eigenvalue weighted by Crippen LogP contribution is 2.36. The highest BCUT2D eigenvalue weighted by Gasteiger charge is 2.19. The smallest absolute Gasteiger partial charge is 0.321 e. The number of amides is 3. The number of thiophene rings is 1. The molecule has 0 saturated carbocycles. The highest BCUT2D eigenvalue weighted by molar-refractivity contribution is 7.99. The number of carbonyl (C=O) groups excluding carboxylic acids is 2. The first kappa shape index (κ1) is 18.9. The number of hydrogen-bond donors (Lipinski definition) is 3. The van der Waals surface area contributed by atoms with Crippen molar-refractivity contribution >= 4 is 45.3 Å². The van der Waals surface area contributed by atoms with Crippen molar-refractivity contribution in [2.75, 3.05) is 18.6 Å². The molecule has 140 valence electrons. The molecule has 0 fully saturated rings. The molecule has 3 aromatic rings. The van der Waals surface area contributed by atoms with Crippen LogP contribution in [0.3, 0.4) is 0 Å². The molecule has 0 radical (unpaired) electrons. The minimum absolute atomic E-state index is 0.0987. The van der Waals surface area contributed by atoms with Crippen LogP contribution >= 0.6 is 23.1 Å². The van der Waals surface area contributed by atoms with Crippen LogP contribution in [0.25, 0.3) is 21.3 Å². The Hall–Kier alpha value is -2.85. The average Bonchev–Trinajstić information content (AvgIpc) is 3.00. The molecular formula is C17H17N5O3S2. The molecule has 3 amide bonds. The summed E-state index contributed by atoms with van der Waals surface area (Å²) in [6.45, 7) is 1.93. The van der Waals surface area contributed by atoms with Crippen LogP contribution in [0.1, 0.15) is 4.88 Å². The van der Waals surface area contributed by atoms with Gasteiger partial charge in [-0.25, -0.2) is 14.5 Å². The summed E-state index contributed by atoms with van der Waals surface area (Å²) in [5.41, 5.74) is 1.36. The van der Waals surface area contributed by atoms with Crippen molar-refractivity contribution < 1.29 is 9.59 Å². The highest BCUT2D eigenvalue weighted by atomic mass is 32.2. The zero-order chi connectivity index (χ0) is 19.6. The zero-order valence-corrected chi connectivity index (χ0v) is 16.2. The number of imide groups is 1. The van der Waals surface area contributed by atoms with E-state index < -0.39 is 11.9 Å². The van der Waals surface area contributed by atoms with Crippen molar-refractivity contribution in [2.24, 2.45) is 0 Å². The van der Waals surface area contributed by atoms with E-state index >= 15 is 0 Å². The summed E-state index contributed by atoms with van der Waals surface area (Å²) in [5.74, 6) is 5.32. The lowest BCUT2D eigenvalue weighted by molar-refractivity contribution is -0.117. The van der Waals surface area contributed by atoms with Gasteiger partial charge in [-0.2, -0.15) is 0 Å². The number of aromatic nitrogens is 2. The van der Waals surface area contributed by atoms with Crippen LogP contribution in [-0.4, -0.2) is 34.4 Å². The topological polar surface area (TPSA) is 119 Å². The fraction of sp³-hybridized carbons (Fsp3) is 0.176. The number of rotatable bonds is 4. The summed E-state index contributed by atoms with van der Waals surface area (Å²) in [7, 11) is 1.41. The van der Waals surface area contributed by atoms with E-state index in [9.17, 15) is 14.4 Å². The van der Waals surface area contributed by atoms with E-state index in [1.165, 1.54) is 18.4 Å². The van der Waals surface area contributed by atoms with Gasteiger partial charge in [0.1, 0.15) is 4.83 Å². The lowest BCUT2D eigenvalue weighted by Crippen LogP contribution is -2.38. The Morgan fingerprint density at radius 2 is 2.00 bits per heavy atom. The number of hydrogen-bond acceptors (Lipinski definition) is 7. The van der Waals surface area contributed by atoms with Crippen LogP contribution in [0.2, 0.25) is 0 Å². The van der Waals surface area contributed by atoms with Crippen molar-refractivity contribution in [1.29, 1.82) is 0 Å². The number of nitrogen functional groups attached to an aromatic ring is 1. The van der Waals surface area contributed by atoms with Crippen LogP contribution in [0.15, 0.2) is 40.3 Å². The number of nitrogens with one attached hydrogen (secondary N) is 2. The van der Waals surface area contributed by atoms with E-state index in [1.54, 1.807) is 0 Å². The number of aryl methyl sites for hydroxylation is 1. The number of carbonyl (C=O) groups is 2. The number of nitrogens with zero attached hydrogens (tertiary/aromatic N) is 2. The standard InChI is InChI=1S/C17H17N5O3S2/c1-9-12(10-6-4-3-5-7-10)13-14(27-9)21-17(22(18)15(13)24)26-8-11(23)20-16(25)19-2/h3-7H,8,18H2,1-2H3,(H2,19,20,23,25). The average molecular weight is 403 g/mol. The number of benzene rings is 1. The molecule has 0 saturated heterocycles. The second-order valence-corrected chi connectivity index (χ2v) is 7.71. The molecule has 0 aliphatic heterocycles. The Bertz CT molecular complexity index is 1080. The van der Waals surface area contributed by atoms with Gasteiger partial charge >= 0.3 is 6.03 Å². The van der Waals surface area contributed by atoms with Gasteiger partial charge in [0.2, 0.25) is 5.91 Å². The van der Waals surface area contributed by atoms with Crippen LogP contribution in [0.5, 0.6) is 0 Å². The maximum atomic E-state index is 12.9. The maximum Gasteiger partial charge on any atom is 0.321 e. The summed E-state index contributed by atoms with van der Waals surface area (Å²) < 4.78 is 0.943. The quantitative estimate of drug-likeness (QED) is 0.347. The van der Waals surface area contributed by atoms with E-state index in [2.05, 4.69) is 15.6 Å². The van der Waals surface area contributed by atoms with Gasteiger partial charge in [0.25, 0.3) is 5.56 Å². The SMILES string of the molecule is CNC(=O)NC(=O)CSc1nc2sc(C)c(-c3ccccc3)c2c(=O)n1N. The predicted octanol–water partition coefficient (Wildman–Crippen LogP) is 1.69. The Kier molecular flexibility index (Phi) is 5.47. The van der Waals surface area contributed by atoms with E-state index in [1.807, 2.05) is 37.3 Å². The van der Waals surface area contributed by atoms with Gasteiger partial charge in [-0.3, -0.25) is 14.9 Å². The normalized spacial score (nSPS) is 10.7. The molecule has 0 aliphatic carbocycles. The van der Waals surface area contributed by atoms with Gasteiger partial charge in [-0.05, 0) is 12.5 Å². The molecule has 0 spiro atoms. The van der Waals surface area contributed by atoms with Crippen LogP contribution < -0.4 is 22.0 Å². The summed E-state index contributed by atoms with van der Waals surface area (Å²) in [5, 5.41) is 5.10. The van der Waals surface area contributed by atoms with Gasteiger partial charge in [0.15, 0.2) is 5.16 Å². The first-order chi connectivity index (χ1) is 12.9. The second-order valence-electron chi connectivity index (χ2n) is 5.56. The molecule has 0 aliphatic rings. The molecule has 0 atom stereocenters. The molecule has 10 heteroatoms. The van der Waals surface area contributed by atoms with Crippen LogP contribution in [0.4, 0.5) is 4.79 Å². The summed E-state index contributed by atoms with van der Waals surface area (Å²) in [6.07, 6.45) is 0. The Labute approximate surface area is 162 Å². The Morgan fingerprint density at radius 1 is 1.30 bits per heavy atom. The van der Waals surface area contributed by atoms with E-state index in [0.29, 0.717) is 10.2 Å². The van der Waals surface area contributed by atoms with E-state index in [0.717, 1.165) is 32.4 Å². The second kappa shape index (κ2) is 7.80. The Morgan fingerprint density at radius 3 is 2.67 bits per heavy atom. The van der Waals surface area contributed by atoms with Crippen molar-refractivity contribution in [3.05, 3.63) is 45.6 Å². The molecule has 4 N–H and O–H groups in total. The molecular weight excluding hydrogens is 386 g/mol. The number of nitrogens with two attached hydrogens (primary N) is 1. The molecule has 0 unspecified atom stereocenters. The summed E-state index contributed by atoms with van der Waals surface area (Å²) >= 11 is 2.39. The van der Waals surface area contributed by atoms with Gasteiger partial charge < -0.3 is 11.2 Å². The Balaban J connectivity index is 1.97. The lowest BCUT2D eigenvalue weighted by Gasteiger charge is -2.08. The van der Waals surface area contributed by atoms with Crippen LogP contribution in [0, 0.1) is 6.92 Å². The minimum atomic E-state index is -0.601. The maximum absolute atomic E-state index is 12.9. The monoisotopic (exact) mass is 403 g/mol. The van der Waals surface area contributed by atoms with Gasteiger partial charge in [-0.1, -0.05) is 42.1 Å². The van der Waals surface area contributed by atoms with Crippen LogP contribution in [-0.2, 0) is 4.79 Å². The molecule has 0 bridgehead atoms. The first-order valence-electron chi connectivity index (χ1n) is 7.93. The molecule has 27 heavy (non-hydrogen) atoms. The van der Waals surface area contributed by atoms with Crippen molar-refractivity contribution in [2.45, 2.75) is 12.1 Å². The number of urea groups is 1. The van der Waals surface area contributed by atoms with Gasteiger partial charge in [0, 0.05) is 17.5 Å². The first-order valence-corrected chi connectivity index (χ1v) is 9.73. The summed E-state index contributed by atoms with van der Waals surface area (Å²) in [6, 6.07) is 8.98. The molecule has 2 aromatic heterocycles. The number of thioether (sulfide) groups is 1. The van der Waals surface area contributed by atoms with Crippen molar-refractivity contribution in [3.8, 4) is 11.1 Å². The minimum Gasteiger partial charge on any atom is -0.341 e. The summed E-state index contributed by atoms with van der Waals surface area (Å²) in [4.78, 5) is 41.7. The third-order valence-electron chi connectivity index (χ3n) is 3.78. The molecule has 1 aromatic carbocycles. The van der Waals surface area contributed by atoms with E-state index in [4.69, 9.17) is 5.84 Å². The molecule has 8 nitrogen and oxygen atoms in total.